The van der Waals surface area contributed by atoms with Crippen molar-refractivity contribution in [3.05, 3.63) is 24.3 Å². The number of ether oxygens (including phenoxy) is 1. The molecule has 1 aliphatic heterocycles. The van der Waals surface area contributed by atoms with Crippen LogP contribution in [0.1, 0.15) is 18.4 Å². The van der Waals surface area contributed by atoms with Gasteiger partial charge < -0.3 is 9.84 Å². The molecule has 1 aromatic heterocycles. The van der Waals surface area contributed by atoms with Gasteiger partial charge in [-0.05, 0) is 0 Å². The van der Waals surface area contributed by atoms with E-state index < -0.39 is 5.60 Å². The van der Waals surface area contributed by atoms with E-state index in [9.17, 15) is 5.11 Å². The molecule has 1 saturated heterocycles. The van der Waals surface area contributed by atoms with Crippen molar-refractivity contribution in [2.75, 3.05) is 13.2 Å². The molecule has 0 unspecified atom stereocenters. The lowest BCUT2D eigenvalue weighted by Crippen LogP contribution is -2.33. The van der Waals surface area contributed by atoms with E-state index in [0.717, 1.165) is 5.56 Å². The molecule has 1 aliphatic rings. The Morgan fingerprint density at radius 2 is 1.85 bits per heavy atom. The normalized spacial score (nSPS) is 21.3. The van der Waals surface area contributed by atoms with Crippen LogP contribution in [0.3, 0.4) is 0 Å². The summed E-state index contributed by atoms with van der Waals surface area (Å²) in [5.41, 5.74) is 0.0118. The topological polar surface area (TPSA) is 55.2 Å². The maximum absolute atomic E-state index is 10.2. The van der Waals surface area contributed by atoms with E-state index in [0.29, 0.717) is 26.1 Å². The van der Waals surface area contributed by atoms with Gasteiger partial charge in [-0.1, -0.05) is 0 Å². The van der Waals surface area contributed by atoms with E-state index in [4.69, 9.17) is 4.74 Å². The molecule has 1 N–H and O–H groups in total. The number of aliphatic hydroxyl groups is 1. The van der Waals surface area contributed by atoms with Gasteiger partial charge in [0.15, 0.2) is 0 Å². The van der Waals surface area contributed by atoms with Crippen LogP contribution in [0.5, 0.6) is 0 Å². The predicted molar refractivity (Wildman–Crippen MR) is 46.0 cm³/mol. The molecule has 0 aliphatic carbocycles. The van der Waals surface area contributed by atoms with Gasteiger partial charge in [-0.15, -0.1) is 0 Å². The summed E-state index contributed by atoms with van der Waals surface area (Å²) < 4.78 is 5.19. The van der Waals surface area contributed by atoms with Crippen LogP contribution in [0.25, 0.3) is 0 Å². The SMILES string of the molecule is OC1(c2cncnc2)CCOCC1. The lowest BCUT2D eigenvalue weighted by Gasteiger charge is -2.31. The van der Waals surface area contributed by atoms with Crippen molar-refractivity contribution in [3.63, 3.8) is 0 Å². The van der Waals surface area contributed by atoms with Crippen LogP contribution in [-0.4, -0.2) is 28.3 Å². The summed E-state index contributed by atoms with van der Waals surface area (Å²) in [7, 11) is 0. The van der Waals surface area contributed by atoms with E-state index in [1.54, 1.807) is 12.4 Å². The minimum absolute atomic E-state index is 0.603. The summed E-state index contributed by atoms with van der Waals surface area (Å²) in [6.07, 6.45) is 6.05. The number of hydrogen-bond acceptors (Lipinski definition) is 4. The fourth-order valence-corrected chi connectivity index (χ4v) is 1.54. The van der Waals surface area contributed by atoms with E-state index >= 15 is 0 Å². The summed E-state index contributed by atoms with van der Waals surface area (Å²) >= 11 is 0. The highest BCUT2D eigenvalue weighted by atomic mass is 16.5. The standard InChI is InChI=1S/C9H12N2O2/c12-9(1-3-13-4-2-9)8-5-10-7-11-6-8/h5-7,12H,1-4H2. The molecule has 1 aromatic rings. The largest absolute Gasteiger partial charge is 0.385 e. The molecule has 0 bridgehead atoms. The van der Waals surface area contributed by atoms with Crippen LogP contribution >= 0.6 is 0 Å². The number of aromatic nitrogens is 2. The Labute approximate surface area is 76.6 Å². The third-order valence-corrected chi connectivity index (χ3v) is 2.42. The molecule has 4 nitrogen and oxygen atoms in total. The second-order valence-corrected chi connectivity index (χ2v) is 3.27. The summed E-state index contributed by atoms with van der Waals surface area (Å²) in [6, 6.07) is 0. The first kappa shape index (κ1) is 8.59. The van der Waals surface area contributed by atoms with Gasteiger partial charge in [0, 0.05) is 44.0 Å². The zero-order valence-corrected chi connectivity index (χ0v) is 7.31. The Hall–Kier alpha value is -1.00. The fourth-order valence-electron chi connectivity index (χ4n) is 1.54. The minimum Gasteiger partial charge on any atom is -0.385 e. The molecular formula is C9H12N2O2. The monoisotopic (exact) mass is 180 g/mol. The highest BCUT2D eigenvalue weighted by molar-refractivity contribution is 5.14. The van der Waals surface area contributed by atoms with Gasteiger partial charge in [0.25, 0.3) is 0 Å². The fraction of sp³-hybridized carbons (Fsp3) is 0.556. The molecule has 0 radical (unpaired) electrons. The lowest BCUT2D eigenvalue weighted by molar-refractivity contribution is -0.0683. The smallest absolute Gasteiger partial charge is 0.115 e. The van der Waals surface area contributed by atoms with E-state index in [-0.39, 0.29) is 0 Å². The number of hydrogen-bond donors (Lipinski definition) is 1. The molecule has 1 fully saturated rings. The second kappa shape index (κ2) is 3.40. The highest BCUT2D eigenvalue weighted by Gasteiger charge is 2.32. The Kier molecular flexibility index (Phi) is 2.24. The number of rotatable bonds is 1. The summed E-state index contributed by atoms with van der Waals surface area (Å²) in [4.78, 5) is 7.79. The Bertz CT molecular complexity index is 270. The molecule has 4 heteroatoms. The van der Waals surface area contributed by atoms with Gasteiger partial charge in [-0.2, -0.15) is 0 Å². The average molecular weight is 180 g/mol. The van der Waals surface area contributed by atoms with Gasteiger partial charge >= 0.3 is 0 Å². The van der Waals surface area contributed by atoms with Gasteiger partial charge in [0.05, 0.1) is 5.60 Å². The Morgan fingerprint density at radius 3 is 2.46 bits per heavy atom. The second-order valence-electron chi connectivity index (χ2n) is 3.27. The quantitative estimate of drug-likeness (QED) is 0.682. The van der Waals surface area contributed by atoms with Crippen molar-refractivity contribution in [2.24, 2.45) is 0 Å². The first-order chi connectivity index (χ1) is 6.31. The van der Waals surface area contributed by atoms with Crippen molar-refractivity contribution in [1.29, 1.82) is 0 Å². The summed E-state index contributed by atoms with van der Waals surface area (Å²) in [5.74, 6) is 0. The third kappa shape index (κ3) is 1.68. The highest BCUT2D eigenvalue weighted by Crippen LogP contribution is 2.30. The molecule has 13 heavy (non-hydrogen) atoms. The molecule has 2 rings (SSSR count). The maximum Gasteiger partial charge on any atom is 0.115 e. The van der Waals surface area contributed by atoms with Gasteiger partial charge in [0.1, 0.15) is 6.33 Å². The van der Waals surface area contributed by atoms with Gasteiger partial charge in [0.2, 0.25) is 0 Å². The van der Waals surface area contributed by atoms with Crippen molar-refractivity contribution in [3.8, 4) is 0 Å². The van der Waals surface area contributed by atoms with Crippen molar-refractivity contribution >= 4 is 0 Å². The van der Waals surface area contributed by atoms with Crippen molar-refractivity contribution in [2.45, 2.75) is 18.4 Å². The third-order valence-electron chi connectivity index (χ3n) is 2.42. The summed E-state index contributed by atoms with van der Waals surface area (Å²) in [6.45, 7) is 1.21. The first-order valence-corrected chi connectivity index (χ1v) is 4.37. The predicted octanol–water partition coefficient (Wildman–Crippen LogP) is 0.475. The zero-order chi connectivity index (χ0) is 9.15. The van der Waals surface area contributed by atoms with Gasteiger partial charge in [-0.25, -0.2) is 9.97 Å². The molecule has 0 spiro atoms. The van der Waals surface area contributed by atoms with E-state index in [2.05, 4.69) is 9.97 Å². The number of nitrogens with zero attached hydrogens (tertiary/aromatic N) is 2. The van der Waals surface area contributed by atoms with E-state index in [1.165, 1.54) is 6.33 Å². The van der Waals surface area contributed by atoms with Crippen LogP contribution in [0, 0.1) is 0 Å². The van der Waals surface area contributed by atoms with E-state index in [1.807, 2.05) is 0 Å². The van der Waals surface area contributed by atoms with Crippen molar-refractivity contribution < 1.29 is 9.84 Å². The summed E-state index contributed by atoms with van der Waals surface area (Å²) in [5, 5.41) is 10.2. The molecule has 0 saturated carbocycles. The van der Waals surface area contributed by atoms with Crippen LogP contribution in [0.2, 0.25) is 0 Å². The Balaban J connectivity index is 2.23. The van der Waals surface area contributed by atoms with Crippen LogP contribution in [0.4, 0.5) is 0 Å². The molecule has 0 atom stereocenters. The average Bonchev–Trinajstić information content (AvgIpc) is 2.20. The van der Waals surface area contributed by atoms with Crippen molar-refractivity contribution in [1.82, 2.24) is 9.97 Å². The van der Waals surface area contributed by atoms with Crippen LogP contribution in [-0.2, 0) is 10.3 Å². The lowest BCUT2D eigenvalue weighted by atomic mass is 9.88. The first-order valence-electron chi connectivity index (χ1n) is 4.37. The minimum atomic E-state index is -0.778. The molecule has 0 aromatic carbocycles. The van der Waals surface area contributed by atoms with Gasteiger partial charge in [-0.3, -0.25) is 0 Å². The van der Waals surface area contributed by atoms with Crippen LogP contribution < -0.4 is 0 Å². The molecule has 2 heterocycles. The zero-order valence-electron chi connectivity index (χ0n) is 7.31. The molecule has 70 valence electrons. The van der Waals surface area contributed by atoms with Crippen LogP contribution in [0.15, 0.2) is 18.7 Å². The molecular weight excluding hydrogens is 168 g/mol. The maximum atomic E-state index is 10.2. The Morgan fingerprint density at radius 1 is 1.23 bits per heavy atom. The molecule has 0 amide bonds.